The molecule has 1 aromatic heterocycles. The Morgan fingerprint density at radius 2 is 1.70 bits per heavy atom. The van der Waals surface area contributed by atoms with Crippen LogP contribution in [0.25, 0.3) is 16.0 Å². The fourth-order valence-corrected chi connectivity index (χ4v) is 5.55. The van der Waals surface area contributed by atoms with Gasteiger partial charge in [0.1, 0.15) is 12.4 Å². The SMILES string of the molecule is C=C(C)CO/C(=C\N(c1nc2ccccc2s1)S(=O)(=O)c1ccc(C)cc1)c1ccccc1. The lowest BCUT2D eigenvalue weighted by Gasteiger charge is -2.20. The summed E-state index contributed by atoms with van der Waals surface area (Å²) in [5.74, 6) is 0.411. The van der Waals surface area contributed by atoms with Crippen molar-refractivity contribution in [2.24, 2.45) is 0 Å². The summed E-state index contributed by atoms with van der Waals surface area (Å²) in [5, 5.41) is 0.337. The first-order valence-electron chi connectivity index (χ1n) is 10.4. The van der Waals surface area contributed by atoms with Gasteiger partial charge in [-0.15, -0.1) is 0 Å². The highest BCUT2D eigenvalue weighted by molar-refractivity contribution is 7.93. The number of hydrogen-bond acceptors (Lipinski definition) is 5. The summed E-state index contributed by atoms with van der Waals surface area (Å²) in [6.07, 6.45) is 1.51. The number of anilines is 1. The van der Waals surface area contributed by atoms with Crippen LogP contribution in [0.5, 0.6) is 0 Å². The lowest BCUT2D eigenvalue weighted by atomic mass is 10.2. The Balaban J connectivity index is 1.90. The van der Waals surface area contributed by atoms with Gasteiger partial charge in [0, 0.05) is 5.56 Å². The zero-order valence-electron chi connectivity index (χ0n) is 18.4. The summed E-state index contributed by atoms with van der Waals surface area (Å²) in [7, 11) is -3.96. The lowest BCUT2D eigenvalue weighted by Crippen LogP contribution is -2.26. The van der Waals surface area contributed by atoms with Gasteiger partial charge in [0.05, 0.1) is 21.3 Å². The molecule has 168 valence electrons. The summed E-state index contributed by atoms with van der Waals surface area (Å²) in [6.45, 7) is 7.94. The van der Waals surface area contributed by atoms with Gasteiger partial charge in [-0.25, -0.2) is 17.7 Å². The first kappa shape index (κ1) is 22.8. The van der Waals surface area contributed by atoms with Gasteiger partial charge in [-0.1, -0.05) is 78.1 Å². The average molecular weight is 477 g/mol. The molecule has 0 atom stereocenters. The number of thiazole rings is 1. The average Bonchev–Trinajstić information content (AvgIpc) is 3.23. The first-order valence-corrected chi connectivity index (χ1v) is 12.6. The highest BCUT2D eigenvalue weighted by Crippen LogP contribution is 2.34. The molecule has 33 heavy (non-hydrogen) atoms. The van der Waals surface area contributed by atoms with Crippen LogP contribution in [0.1, 0.15) is 18.1 Å². The quantitative estimate of drug-likeness (QED) is 0.218. The van der Waals surface area contributed by atoms with Crippen LogP contribution in [-0.4, -0.2) is 20.0 Å². The Labute approximate surface area is 198 Å². The van der Waals surface area contributed by atoms with Crippen LogP contribution in [0.2, 0.25) is 0 Å². The van der Waals surface area contributed by atoms with Gasteiger partial charge in [-0.3, -0.25) is 0 Å². The van der Waals surface area contributed by atoms with Crippen LogP contribution in [0, 0.1) is 6.92 Å². The molecule has 0 aliphatic rings. The summed E-state index contributed by atoms with van der Waals surface area (Å²) >= 11 is 1.31. The second-order valence-electron chi connectivity index (χ2n) is 7.68. The molecule has 0 spiro atoms. The maximum absolute atomic E-state index is 13.8. The normalized spacial score (nSPS) is 12.0. The van der Waals surface area contributed by atoms with Crippen molar-refractivity contribution in [2.75, 3.05) is 10.9 Å². The predicted molar refractivity (Wildman–Crippen MR) is 136 cm³/mol. The van der Waals surface area contributed by atoms with Gasteiger partial charge >= 0.3 is 0 Å². The van der Waals surface area contributed by atoms with Crippen molar-refractivity contribution in [3.05, 3.63) is 108 Å². The monoisotopic (exact) mass is 476 g/mol. The molecule has 1 heterocycles. The lowest BCUT2D eigenvalue weighted by molar-refractivity contribution is 0.309. The molecule has 0 radical (unpaired) electrons. The van der Waals surface area contributed by atoms with Gasteiger partial charge in [0.2, 0.25) is 5.13 Å². The molecule has 4 rings (SSSR count). The molecule has 0 unspecified atom stereocenters. The zero-order chi connectivity index (χ0) is 23.4. The van der Waals surface area contributed by atoms with Crippen molar-refractivity contribution in [3.8, 4) is 0 Å². The molecule has 3 aromatic carbocycles. The van der Waals surface area contributed by atoms with Gasteiger partial charge in [-0.05, 0) is 43.7 Å². The van der Waals surface area contributed by atoms with Crippen molar-refractivity contribution < 1.29 is 13.2 Å². The van der Waals surface area contributed by atoms with E-state index in [1.807, 2.05) is 68.4 Å². The standard InChI is InChI=1S/C26H24N2O3S2/c1-19(2)18-31-24(21-9-5-4-6-10-21)17-28(26-27-23-11-7-8-12-25(23)32-26)33(29,30)22-15-13-20(3)14-16-22/h4-17H,1,18H2,2-3H3/b24-17-. The van der Waals surface area contributed by atoms with Gasteiger partial charge in [0.25, 0.3) is 10.0 Å². The number of ether oxygens (including phenoxy) is 1. The number of aryl methyl sites for hydroxylation is 1. The molecular formula is C26H24N2O3S2. The molecule has 0 amide bonds. The number of para-hydroxylation sites is 1. The summed E-state index contributed by atoms with van der Waals surface area (Å²) < 4.78 is 35.7. The van der Waals surface area contributed by atoms with Crippen LogP contribution in [0.3, 0.4) is 0 Å². The number of benzene rings is 3. The molecule has 0 saturated heterocycles. The Bertz CT molecular complexity index is 1370. The third-order valence-electron chi connectivity index (χ3n) is 4.82. The second kappa shape index (κ2) is 9.60. The molecule has 0 fully saturated rings. The van der Waals surface area contributed by atoms with E-state index in [0.29, 0.717) is 10.9 Å². The number of hydrogen-bond donors (Lipinski definition) is 0. The Morgan fingerprint density at radius 1 is 1.03 bits per heavy atom. The highest BCUT2D eigenvalue weighted by atomic mass is 32.2. The van der Waals surface area contributed by atoms with Crippen molar-refractivity contribution >= 4 is 42.5 Å². The smallest absolute Gasteiger partial charge is 0.270 e. The van der Waals surface area contributed by atoms with Crippen molar-refractivity contribution in [3.63, 3.8) is 0 Å². The van der Waals surface area contributed by atoms with Gasteiger partial charge in [-0.2, -0.15) is 0 Å². The Kier molecular flexibility index (Phi) is 6.62. The van der Waals surface area contributed by atoms with Crippen LogP contribution in [-0.2, 0) is 14.8 Å². The predicted octanol–water partition coefficient (Wildman–Crippen LogP) is 6.39. The second-order valence-corrected chi connectivity index (χ2v) is 10.5. The van der Waals surface area contributed by atoms with E-state index < -0.39 is 10.0 Å². The molecule has 7 heteroatoms. The Hall–Kier alpha value is -3.42. The van der Waals surface area contributed by atoms with E-state index in [1.54, 1.807) is 24.3 Å². The molecule has 0 N–H and O–H groups in total. The minimum atomic E-state index is -3.96. The first-order chi connectivity index (χ1) is 15.8. The molecule has 0 saturated carbocycles. The fraction of sp³-hybridized carbons (Fsp3) is 0.115. The van der Waals surface area contributed by atoms with Crippen LogP contribution in [0.4, 0.5) is 5.13 Å². The minimum absolute atomic E-state index is 0.177. The van der Waals surface area contributed by atoms with Crippen LogP contribution in [0.15, 0.2) is 102 Å². The fourth-order valence-electron chi connectivity index (χ4n) is 3.11. The number of aromatic nitrogens is 1. The van der Waals surface area contributed by atoms with Gasteiger partial charge < -0.3 is 4.74 Å². The van der Waals surface area contributed by atoms with Crippen molar-refractivity contribution in [1.82, 2.24) is 4.98 Å². The molecule has 4 aromatic rings. The van der Waals surface area contributed by atoms with E-state index in [0.717, 1.165) is 26.9 Å². The van der Waals surface area contributed by atoms with Crippen LogP contribution >= 0.6 is 11.3 Å². The van der Waals surface area contributed by atoms with E-state index >= 15 is 0 Å². The molecule has 0 aliphatic heterocycles. The number of rotatable bonds is 8. The van der Waals surface area contributed by atoms with E-state index in [2.05, 4.69) is 11.6 Å². The third kappa shape index (κ3) is 5.16. The summed E-state index contributed by atoms with van der Waals surface area (Å²) in [6, 6.07) is 23.8. The van der Waals surface area contributed by atoms with Crippen molar-refractivity contribution in [2.45, 2.75) is 18.7 Å². The van der Waals surface area contributed by atoms with E-state index in [-0.39, 0.29) is 11.5 Å². The topological polar surface area (TPSA) is 59.5 Å². The maximum Gasteiger partial charge on any atom is 0.270 e. The third-order valence-corrected chi connectivity index (χ3v) is 7.63. The van der Waals surface area contributed by atoms with Crippen molar-refractivity contribution in [1.29, 1.82) is 0 Å². The van der Waals surface area contributed by atoms with Crippen LogP contribution < -0.4 is 4.31 Å². The number of fused-ring (bicyclic) bond motifs is 1. The Morgan fingerprint density at radius 3 is 2.36 bits per heavy atom. The van der Waals surface area contributed by atoms with E-state index in [4.69, 9.17) is 4.74 Å². The molecule has 0 aliphatic carbocycles. The molecule has 0 bridgehead atoms. The van der Waals surface area contributed by atoms with Gasteiger partial charge in [0.15, 0.2) is 0 Å². The largest absolute Gasteiger partial charge is 0.487 e. The minimum Gasteiger partial charge on any atom is -0.487 e. The summed E-state index contributed by atoms with van der Waals surface area (Å²) in [4.78, 5) is 4.79. The maximum atomic E-state index is 13.8. The number of nitrogens with zero attached hydrogens (tertiary/aromatic N) is 2. The number of sulfonamides is 1. The molecular weight excluding hydrogens is 452 g/mol. The molecule has 5 nitrogen and oxygen atoms in total. The summed E-state index contributed by atoms with van der Waals surface area (Å²) in [5.41, 5.74) is 3.29. The zero-order valence-corrected chi connectivity index (χ0v) is 20.1. The van der Waals surface area contributed by atoms with E-state index in [9.17, 15) is 8.42 Å². The van der Waals surface area contributed by atoms with E-state index in [1.165, 1.54) is 21.8 Å². The highest BCUT2D eigenvalue weighted by Gasteiger charge is 2.27.